The summed E-state index contributed by atoms with van der Waals surface area (Å²) >= 11 is 1.79. The van der Waals surface area contributed by atoms with Gasteiger partial charge in [0.05, 0.1) is 6.04 Å². The third-order valence-electron chi connectivity index (χ3n) is 3.38. The predicted octanol–water partition coefficient (Wildman–Crippen LogP) is 0.270. The summed E-state index contributed by atoms with van der Waals surface area (Å²) in [6, 6.07) is 0.0258. The van der Waals surface area contributed by atoms with Crippen LogP contribution in [-0.2, 0) is 4.79 Å². The van der Waals surface area contributed by atoms with E-state index in [1.54, 1.807) is 11.8 Å². The Labute approximate surface area is 101 Å². The maximum absolute atomic E-state index is 12.1. The summed E-state index contributed by atoms with van der Waals surface area (Å²) in [6.07, 6.45) is 3.06. The first-order valence-electron chi connectivity index (χ1n) is 6.02. The number of likely N-dealkylation sites (tertiary alicyclic amines) is 1. The lowest BCUT2D eigenvalue weighted by Gasteiger charge is -2.34. The van der Waals surface area contributed by atoms with Gasteiger partial charge in [-0.25, -0.2) is 0 Å². The highest BCUT2D eigenvalue weighted by Gasteiger charge is 2.30. The first-order valence-corrected chi connectivity index (χ1v) is 7.17. The zero-order valence-corrected chi connectivity index (χ0v) is 10.3. The monoisotopic (exact) mass is 244 g/mol. The van der Waals surface area contributed by atoms with Crippen molar-refractivity contribution in [2.75, 3.05) is 31.3 Å². The number of nitrogens with one attached hydrogen (secondary N) is 1. The molecule has 0 aromatic rings. The molecule has 2 atom stereocenters. The van der Waals surface area contributed by atoms with Crippen LogP contribution in [0.5, 0.6) is 0 Å². The topological polar surface area (TPSA) is 52.6 Å². The molecule has 92 valence electrons. The highest BCUT2D eigenvalue weighted by atomic mass is 32.2. The zero-order valence-electron chi connectivity index (χ0n) is 9.52. The lowest BCUT2D eigenvalue weighted by atomic mass is 9.95. The van der Waals surface area contributed by atoms with Crippen molar-refractivity contribution in [3.63, 3.8) is 0 Å². The van der Waals surface area contributed by atoms with Crippen molar-refractivity contribution in [1.29, 1.82) is 0 Å². The van der Waals surface area contributed by atoms with Crippen molar-refractivity contribution >= 4 is 17.7 Å². The lowest BCUT2D eigenvalue weighted by Crippen LogP contribution is -2.48. The van der Waals surface area contributed by atoms with Gasteiger partial charge in [0.15, 0.2) is 0 Å². The zero-order chi connectivity index (χ0) is 11.4. The van der Waals surface area contributed by atoms with E-state index in [9.17, 15) is 4.79 Å². The van der Waals surface area contributed by atoms with Crippen LogP contribution in [0.25, 0.3) is 0 Å². The van der Waals surface area contributed by atoms with E-state index in [4.69, 9.17) is 5.11 Å². The number of amides is 1. The Morgan fingerprint density at radius 1 is 1.56 bits per heavy atom. The number of aliphatic hydroxyl groups excluding tert-OH is 1. The van der Waals surface area contributed by atoms with Crippen molar-refractivity contribution in [3.05, 3.63) is 0 Å². The number of hydrogen-bond acceptors (Lipinski definition) is 4. The highest BCUT2D eigenvalue weighted by molar-refractivity contribution is 7.99. The van der Waals surface area contributed by atoms with Gasteiger partial charge in [-0.2, -0.15) is 0 Å². The number of aliphatic hydroxyl groups is 1. The predicted molar refractivity (Wildman–Crippen MR) is 65.3 cm³/mol. The molecular formula is C11H20N2O2S. The van der Waals surface area contributed by atoms with Gasteiger partial charge in [-0.1, -0.05) is 0 Å². The molecule has 2 aliphatic heterocycles. The molecule has 2 N–H and O–H groups in total. The van der Waals surface area contributed by atoms with E-state index in [-0.39, 0.29) is 18.6 Å². The smallest absolute Gasteiger partial charge is 0.240 e. The quantitative estimate of drug-likeness (QED) is 0.748. The molecule has 0 aliphatic carbocycles. The van der Waals surface area contributed by atoms with Crippen LogP contribution in [0.2, 0.25) is 0 Å². The van der Waals surface area contributed by atoms with Crippen LogP contribution in [0.3, 0.4) is 0 Å². The Hall–Kier alpha value is -0.260. The van der Waals surface area contributed by atoms with Crippen LogP contribution in [0.15, 0.2) is 0 Å². The second kappa shape index (κ2) is 5.89. The summed E-state index contributed by atoms with van der Waals surface area (Å²) in [5.41, 5.74) is 0. The molecule has 16 heavy (non-hydrogen) atoms. The largest absolute Gasteiger partial charge is 0.396 e. The molecule has 0 bridgehead atoms. The van der Waals surface area contributed by atoms with E-state index in [0.717, 1.165) is 44.0 Å². The van der Waals surface area contributed by atoms with Gasteiger partial charge >= 0.3 is 0 Å². The fourth-order valence-corrected chi connectivity index (χ4v) is 3.39. The van der Waals surface area contributed by atoms with E-state index in [2.05, 4.69) is 5.32 Å². The summed E-state index contributed by atoms with van der Waals surface area (Å²) in [4.78, 5) is 14.1. The van der Waals surface area contributed by atoms with Gasteiger partial charge in [-0.05, 0) is 25.2 Å². The summed E-state index contributed by atoms with van der Waals surface area (Å²) in [6.45, 7) is 1.97. The van der Waals surface area contributed by atoms with E-state index < -0.39 is 0 Å². The molecule has 2 aliphatic rings. The number of rotatable bonds is 3. The van der Waals surface area contributed by atoms with Crippen LogP contribution in [0, 0.1) is 5.92 Å². The molecule has 5 heteroatoms. The fourth-order valence-electron chi connectivity index (χ4n) is 2.46. The van der Waals surface area contributed by atoms with Gasteiger partial charge in [0, 0.05) is 31.3 Å². The Kier molecular flexibility index (Phi) is 4.49. The van der Waals surface area contributed by atoms with Crippen molar-refractivity contribution in [2.24, 2.45) is 5.92 Å². The third-order valence-corrected chi connectivity index (χ3v) is 4.32. The maximum atomic E-state index is 12.1. The Bertz CT molecular complexity index is 242. The molecule has 2 rings (SSSR count). The minimum absolute atomic E-state index is 0.0258. The van der Waals surface area contributed by atoms with Crippen LogP contribution in [0.4, 0.5) is 0 Å². The molecule has 2 fully saturated rings. The van der Waals surface area contributed by atoms with Crippen molar-refractivity contribution in [3.8, 4) is 0 Å². The van der Waals surface area contributed by atoms with Gasteiger partial charge in [0.2, 0.25) is 5.91 Å². The second-order valence-electron chi connectivity index (χ2n) is 4.58. The molecule has 0 radical (unpaired) electrons. The van der Waals surface area contributed by atoms with Crippen LogP contribution in [0.1, 0.15) is 19.3 Å². The molecule has 4 nitrogen and oxygen atoms in total. The molecule has 2 unspecified atom stereocenters. The lowest BCUT2D eigenvalue weighted by molar-refractivity contribution is -0.134. The first kappa shape index (κ1) is 12.2. The number of carbonyl (C=O) groups is 1. The first-order chi connectivity index (χ1) is 7.81. The van der Waals surface area contributed by atoms with Gasteiger partial charge in [0.25, 0.3) is 0 Å². The normalized spacial score (nSPS) is 30.7. The number of nitrogens with zero attached hydrogens (tertiary/aromatic N) is 1. The molecule has 2 saturated heterocycles. The van der Waals surface area contributed by atoms with Gasteiger partial charge in [-0.3, -0.25) is 10.1 Å². The SMILES string of the molecule is O=C(C1CSCN1)N1CCCC(CCO)C1. The number of piperidine rings is 1. The van der Waals surface area contributed by atoms with Gasteiger partial charge in [0.1, 0.15) is 0 Å². The molecule has 1 amide bonds. The Morgan fingerprint density at radius 2 is 2.44 bits per heavy atom. The molecule has 2 heterocycles. The summed E-state index contributed by atoms with van der Waals surface area (Å²) < 4.78 is 0. The van der Waals surface area contributed by atoms with Crippen molar-refractivity contribution < 1.29 is 9.90 Å². The minimum Gasteiger partial charge on any atom is -0.396 e. The van der Waals surface area contributed by atoms with Crippen LogP contribution in [-0.4, -0.2) is 53.3 Å². The average Bonchev–Trinajstić information content (AvgIpc) is 2.82. The van der Waals surface area contributed by atoms with E-state index in [1.807, 2.05) is 4.90 Å². The van der Waals surface area contributed by atoms with Crippen molar-refractivity contribution in [1.82, 2.24) is 10.2 Å². The highest BCUT2D eigenvalue weighted by Crippen LogP contribution is 2.21. The molecular weight excluding hydrogens is 224 g/mol. The summed E-state index contributed by atoms with van der Waals surface area (Å²) in [5, 5.41) is 12.2. The average molecular weight is 244 g/mol. The van der Waals surface area contributed by atoms with Crippen LogP contribution < -0.4 is 5.32 Å². The molecule has 0 aromatic heterocycles. The third kappa shape index (κ3) is 2.90. The number of carbonyl (C=O) groups excluding carboxylic acids is 1. The number of hydrogen-bond donors (Lipinski definition) is 2. The van der Waals surface area contributed by atoms with E-state index in [0.29, 0.717) is 5.92 Å². The van der Waals surface area contributed by atoms with E-state index >= 15 is 0 Å². The maximum Gasteiger partial charge on any atom is 0.240 e. The Balaban J connectivity index is 1.85. The van der Waals surface area contributed by atoms with E-state index in [1.165, 1.54) is 0 Å². The molecule has 0 spiro atoms. The number of thioether (sulfide) groups is 1. The van der Waals surface area contributed by atoms with Gasteiger partial charge < -0.3 is 10.0 Å². The van der Waals surface area contributed by atoms with Crippen LogP contribution >= 0.6 is 11.8 Å². The summed E-state index contributed by atoms with van der Waals surface area (Å²) in [7, 11) is 0. The minimum atomic E-state index is 0.0258. The fraction of sp³-hybridized carbons (Fsp3) is 0.909. The second-order valence-corrected chi connectivity index (χ2v) is 5.61. The van der Waals surface area contributed by atoms with Gasteiger partial charge in [-0.15, -0.1) is 11.8 Å². The Morgan fingerprint density at radius 3 is 3.12 bits per heavy atom. The van der Waals surface area contributed by atoms with Crippen molar-refractivity contribution in [2.45, 2.75) is 25.3 Å². The molecule has 0 aromatic carbocycles. The summed E-state index contributed by atoms with van der Waals surface area (Å²) in [5.74, 6) is 2.55. The standard InChI is InChI=1S/C11H20N2O2S/c14-5-3-9-2-1-4-13(6-9)11(15)10-7-16-8-12-10/h9-10,12,14H,1-8H2. The molecule has 0 saturated carbocycles.